The zero-order valence-electron chi connectivity index (χ0n) is 10.1. The highest BCUT2D eigenvalue weighted by Gasteiger charge is 2.21. The highest BCUT2D eigenvalue weighted by Crippen LogP contribution is 2.21. The van der Waals surface area contributed by atoms with Gasteiger partial charge in [-0.1, -0.05) is 6.07 Å². The van der Waals surface area contributed by atoms with E-state index in [1.54, 1.807) is 0 Å². The van der Waals surface area contributed by atoms with Crippen LogP contribution in [0.5, 0.6) is 0 Å². The summed E-state index contributed by atoms with van der Waals surface area (Å²) in [7, 11) is 0. The second-order valence-corrected chi connectivity index (χ2v) is 4.10. The summed E-state index contributed by atoms with van der Waals surface area (Å²) in [4.78, 5) is 22.6. The average molecular weight is 267 g/mol. The fourth-order valence-corrected chi connectivity index (χ4v) is 1.59. The summed E-state index contributed by atoms with van der Waals surface area (Å²) in [6.07, 6.45) is 0.248. The molecule has 1 aliphatic heterocycles. The van der Waals surface area contributed by atoms with Gasteiger partial charge in [-0.15, -0.1) is 0 Å². The van der Waals surface area contributed by atoms with Crippen LogP contribution in [0.4, 0.5) is 14.5 Å². The molecule has 1 heterocycles. The lowest BCUT2D eigenvalue weighted by molar-refractivity contribution is -0.121. The Hall–Kier alpha value is -2.31. The highest BCUT2D eigenvalue weighted by molar-refractivity contribution is 6.43. The molecule has 0 aromatic heterocycles. The van der Waals surface area contributed by atoms with E-state index in [9.17, 15) is 18.4 Å². The number of aryl methyl sites for hydroxylation is 1. The van der Waals surface area contributed by atoms with Crippen molar-refractivity contribution in [2.45, 2.75) is 19.8 Å². The third-order valence-corrected chi connectivity index (χ3v) is 2.69. The molecule has 0 fully saturated rings. The molecule has 100 valence electrons. The maximum absolute atomic E-state index is 13.7. The fourth-order valence-electron chi connectivity index (χ4n) is 1.59. The maximum atomic E-state index is 13.7. The van der Waals surface area contributed by atoms with Gasteiger partial charge in [0, 0.05) is 12.8 Å². The Morgan fingerprint density at radius 1 is 1.37 bits per heavy atom. The van der Waals surface area contributed by atoms with Crippen LogP contribution in [0.3, 0.4) is 0 Å². The van der Waals surface area contributed by atoms with Crippen LogP contribution in [0.2, 0.25) is 0 Å². The minimum atomic E-state index is -0.864. The Balaban J connectivity index is 2.20. The zero-order chi connectivity index (χ0) is 14.0. The zero-order valence-corrected chi connectivity index (χ0v) is 10.1. The van der Waals surface area contributed by atoms with Gasteiger partial charge in [-0.2, -0.15) is 5.10 Å². The van der Waals surface area contributed by atoms with Crippen LogP contribution >= 0.6 is 0 Å². The number of nitrogens with one attached hydrogen (secondary N) is 2. The third-order valence-electron chi connectivity index (χ3n) is 2.69. The van der Waals surface area contributed by atoms with E-state index in [-0.39, 0.29) is 30.0 Å². The summed E-state index contributed by atoms with van der Waals surface area (Å²) in [6.45, 7) is 1.46. The number of benzene rings is 1. The number of carbonyl (C=O) groups excluding carboxylic acids is 2. The largest absolute Gasteiger partial charge is 0.316 e. The molecule has 2 rings (SSSR count). The number of amides is 2. The summed E-state index contributed by atoms with van der Waals surface area (Å²) in [5.74, 6) is -2.72. The van der Waals surface area contributed by atoms with E-state index < -0.39 is 23.2 Å². The normalized spacial score (nSPS) is 14.7. The van der Waals surface area contributed by atoms with Crippen LogP contribution in [0, 0.1) is 18.6 Å². The molecular formula is C12H11F2N3O2. The van der Waals surface area contributed by atoms with Gasteiger partial charge >= 0.3 is 0 Å². The van der Waals surface area contributed by atoms with Crippen molar-refractivity contribution in [1.82, 2.24) is 5.43 Å². The predicted molar refractivity (Wildman–Crippen MR) is 64.5 cm³/mol. The van der Waals surface area contributed by atoms with E-state index in [0.717, 1.165) is 6.07 Å². The molecule has 2 N–H and O–H groups in total. The molecule has 7 heteroatoms. The van der Waals surface area contributed by atoms with Crippen LogP contribution in [-0.2, 0) is 9.59 Å². The Kier molecular flexibility index (Phi) is 3.55. The van der Waals surface area contributed by atoms with Crippen LogP contribution in [0.25, 0.3) is 0 Å². The van der Waals surface area contributed by atoms with Gasteiger partial charge < -0.3 is 5.32 Å². The average Bonchev–Trinajstić information content (AvgIpc) is 2.40. The summed E-state index contributed by atoms with van der Waals surface area (Å²) >= 11 is 0. The molecule has 0 saturated carbocycles. The predicted octanol–water partition coefficient (Wildman–Crippen LogP) is 1.48. The number of halogens is 2. The van der Waals surface area contributed by atoms with Crippen molar-refractivity contribution in [1.29, 1.82) is 0 Å². The minimum Gasteiger partial charge on any atom is -0.316 e. The number of hydrazone groups is 1. The van der Waals surface area contributed by atoms with Gasteiger partial charge in [-0.25, -0.2) is 14.2 Å². The lowest BCUT2D eigenvalue weighted by Crippen LogP contribution is -2.33. The molecule has 0 radical (unpaired) electrons. The van der Waals surface area contributed by atoms with E-state index in [2.05, 4.69) is 15.8 Å². The summed E-state index contributed by atoms with van der Waals surface area (Å²) in [6, 6.07) is 2.34. The number of rotatable bonds is 2. The Labute approximate surface area is 107 Å². The Morgan fingerprint density at radius 2 is 2.11 bits per heavy atom. The number of hydrogen-bond donors (Lipinski definition) is 2. The smallest absolute Gasteiger partial charge is 0.272 e. The Bertz CT molecular complexity index is 585. The second kappa shape index (κ2) is 5.13. The lowest BCUT2D eigenvalue weighted by atomic mass is 10.1. The van der Waals surface area contributed by atoms with Crippen LogP contribution in [0.15, 0.2) is 17.2 Å². The molecule has 0 spiro atoms. The van der Waals surface area contributed by atoms with Crippen molar-refractivity contribution in [3.8, 4) is 0 Å². The fraction of sp³-hybridized carbons (Fsp3) is 0.250. The Morgan fingerprint density at radius 3 is 2.74 bits per heavy atom. The quantitative estimate of drug-likeness (QED) is 0.852. The van der Waals surface area contributed by atoms with Crippen molar-refractivity contribution in [3.63, 3.8) is 0 Å². The van der Waals surface area contributed by atoms with Crippen molar-refractivity contribution in [2.75, 3.05) is 5.32 Å². The van der Waals surface area contributed by atoms with Gasteiger partial charge in [0.15, 0.2) is 5.82 Å². The molecule has 1 aromatic carbocycles. The minimum absolute atomic E-state index is 0.0277. The van der Waals surface area contributed by atoms with E-state index in [1.807, 2.05) is 0 Å². The first-order valence-corrected chi connectivity index (χ1v) is 5.60. The molecule has 1 aromatic rings. The number of anilines is 1. The van der Waals surface area contributed by atoms with Crippen LogP contribution < -0.4 is 10.7 Å². The van der Waals surface area contributed by atoms with E-state index >= 15 is 0 Å². The van der Waals surface area contributed by atoms with Gasteiger partial charge in [0.2, 0.25) is 5.91 Å². The second-order valence-electron chi connectivity index (χ2n) is 4.10. The SMILES string of the molecule is Cc1ccc(F)c(NC(=O)C2=NNC(=O)CC2)c1F. The first-order chi connectivity index (χ1) is 8.99. The van der Waals surface area contributed by atoms with Crippen LogP contribution in [0.1, 0.15) is 18.4 Å². The van der Waals surface area contributed by atoms with E-state index in [4.69, 9.17) is 0 Å². The van der Waals surface area contributed by atoms with Crippen LogP contribution in [-0.4, -0.2) is 17.5 Å². The molecule has 19 heavy (non-hydrogen) atoms. The van der Waals surface area contributed by atoms with Gasteiger partial charge in [0.05, 0.1) is 0 Å². The topological polar surface area (TPSA) is 70.6 Å². The standard InChI is InChI=1S/C12H11F2N3O2/c1-6-2-3-7(13)11(10(6)14)15-12(19)8-4-5-9(18)17-16-8/h2-3H,4-5H2,1H3,(H,15,19)(H,17,18). The molecule has 0 unspecified atom stereocenters. The molecule has 1 aliphatic rings. The first kappa shape index (κ1) is 13.1. The van der Waals surface area contributed by atoms with Crippen molar-refractivity contribution >= 4 is 23.2 Å². The highest BCUT2D eigenvalue weighted by atomic mass is 19.1. The molecule has 0 saturated heterocycles. The summed E-state index contributed by atoms with van der Waals surface area (Å²) in [5.41, 5.74) is 1.88. The summed E-state index contributed by atoms with van der Waals surface area (Å²) in [5, 5.41) is 5.68. The van der Waals surface area contributed by atoms with E-state index in [1.165, 1.54) is 13.0 Å². The number of hydrogen-bond acceptors (Lipinski definition) is 3. The van der Waals surface area contributed by atoms with Crippen molar-refractivity contribution in [3.05, 3.63) is 29.3 Å². The third kappa shape index (κ3) is 2.75. The molecule has 5 nitrogen and oxygen atoms in total. The molecule has 2 amide bonds. The maximum Gasteiger partial charge on any atom is 0.272 e. The lowest BCUT2D eigenvalue weighted by Gasteiger charge is -2.13. The molecule has 0 bridgehead atoms. The molecule has 0 aliphatic carbocycles. The molecular weight excluding hydrogens is 256 g/mol. The number of carbonyl (C=O) groups is 2. The summed E-state index contributed by atoms with van der Waals surface area (Å²) < 4.78 is 27.1. The monoisotopic (exact) mass is 267 g/mol. The van der Waals surface area contributed by atoms with Gasteiger partial charge in [0.25, 0.3) is 5.91 Å². The van der Waals surface area contributed by atoms with E-state index in [0.29, 0.717) is 0 Å². The van der Waals surface area contributed by atoms with Gasteiger partial charge in [-0.3, -0.25) is 9.59 Å². The van der Waals surface area contributed by atoms with Gasteiger partial charge in [0.1, 0.15) is 17.2 Å². The first-order valence-electron chi connectivity index (χ1n) is 5.60. The van der Waals surface area contributed by atoms with Crippen molar-refractivity contribution < 1.29 is 18.4 Å². The van der Waals surface area contributed by atoms with Crippen molar-refractivity contribution in [2.24, 2.45) is 5.10 Å². The molecule has 0 atom stereocenters. The number of nitrogens with zero attached hydrogens (tertiary/aromatic N) is 1. The van der Waals surface area contributed by atoms with Gasteiger partial charge in [-0.05, 0) is 18.6 Å².